The van der Waals surface area contributed by atoms with E-state index in [0.29, 0.717) is 11.0 Å². The highest BCUT2D eigenvalue weighted by atomic mass is 19.1. The van der Waals surface area contributed by atoms with E-state index in [1.165, 1.54) is 12.1 Å². The smallest absolute Gasteiger partial charge is 0.318 e. The molecule has 1 aliphatic heterocycles. The van der Waals surface area contributed by atoms with E-state index in [9.17, 15) is 9.50 Å². The molecule has 1 aromatic carbocycles. The number of anilines is 1. The summed E-state index contributed by atoms with van der Waals surface area (Å²) in [5.41, 5.74) is 0.928. The van der Waals surface area contributed by atoms with Gasteiger partial charge in [0.1, 0.15) is 5.82 Å². The Labute approximate surface area is 140 Å². The standard InChI is InChI=1S/C17H23FN4O2/c1-17(2)8-3-10-22(11-9-17)16(23)19-15-21-20-14(24-15)12-4-6-13(18)7-5-12/h4-7,16,23H,3,8-11H2,1-2H3,(H,19,21). The Balaban J connectivity index is 1.63. The molecule has 7 heteroatoms. The Morgan fingerprint density at radius 3 is 2.71 bits per heavy atom. The number of aliphatic hydroxyl groups is 1. The molecule has 2 N–H and O–H groups in total. The maximum absolute atomic E-state index is 13.0. The van der Waals surface area contributed by atoms with E-state index in [4.69, 9.17) is 4.42 Å². The first-order valence-electron chi connectivity index (χ1n) is 8.21. The van der Waals surface area contributed by atoms with Crippen molar-refractivity contribution in [3.05, 3.63) is 30.1 Å². The highest BCUT2D eigenvalue weighted by Gasteiger charge is 2.26. The molecular formula is C17H23FN4O2. The molecule has 1 unspecified atom stereocenters. The third-order valence-corrected chi connectivity index (χ3v) is 4.49. The molecule has 1 fully saturated rings. The van der Waals surface area contributed by atoms with E-state index >= 15 is 0 Å². The van der Waals surface area contributed by atoms with Gasteiger partial charge in [0.05, 0.1) is 0 Å². The van der Waals surface area contributed by atoms with Gasteiger partial charge in [-0.3, -0.25) is 10.2 Å². The van der Waals surface area contributed by atoms with Crippen LogP contribution in [0.3, 0.4) is 0 Å². The molecule has 24 heavy (non-hydrogen) atoms. The van der Waals surface area contributed by atoms with Crippen molar-refractivity contribution in [3.63, 3.8) is 0 Å². The highest BCUT2D eigenvalue weighted by Crippen LogP contribution is 2.30. The normalized spacial score (nSPS) is 19.7. The third kappa shape index (κ3) is 4.10. The number of likely N-dealkylation sites (tertiary alicyclic amines) is 1. The molecule has 130 valence electrons. The number of halogens is 1. The summed E-state index contributed by atoms with van der Waals surface area (Å²) in [5, 5.41) is 21.0. The zero-order valence-electron chi connectivity index (χ0n) is 14.0. The van der Waals surface area contributed by atoms with Crippen LogP contribution in [0.1, 0.15) is 33.1 Å². The van der Waals surface area contributed by atoms with Crippen LogP contribution in [0.2, 0.25) is 0 Å². The van der Waals surface area contributed by atoms with Crippen LogP contribution < -0.4 is 5.32 Å². The predicted molar refractivity (Wildman–Crippen MR) is 88.5 cm³/mol. The fraction of sp³-hybridized carbons (Fsp3) is 0.529. The second-order valence-electron chi connectivity index (χ2n) is 6.99. The van der Waals surface area contributed by atoms with Crippen molar-refractivity contribution in [1.29, 1.82) is 0 Å². The summed E-state index contributed by atoms with van der Waals surface area (Å²) in [5.74, 6) is -0.0437. The Bertz CT molecular complexity index is 671. The predicted octanol–water partition coefficient (Wildman–Crippen LogP) is 3.08. The molecule has 0 radical (unpaired) electrons. The summed E-state index contributed by atoms with van der Waals surface area (Å²) in [6.45, 7) is 6.13. The molecular weight excluding hydrogens is 311 g/mol. The van der Waals surface area contributed by atoms with E-state index in [-0.39, 0.29) is 17.7 Å². The van der Waals surface area contributed by atoms with Crippen molar-refractivity contribution < 1.29 is 13.9 Å². The first kappa shape index (κ1) is 16.9. The van der Waals surface area contributed by atoms with Gasteiger partial charge in [0, 0.05) is 18.7 Å². The monoisotopic (exact) mass is 334 g/mol. The number of nitrogens with zero attached hydrogens (tertiary/aromatic N) is 3. The molecule has 0 saturated carbocycles. The van der Waals surface area contributed by atoms with Gasteiger partial charge in [0.2, 0.25) is 5.89 Å². The minimum Gasteiger partial charge on any atom is -0.403 e. The van der Waals surface area contributed by atoms with Crippen LogP contribution in [0.15, 0.2) is 28.7 Å². The summed E-state index contributed by atoms with van der Waals surface area (Å²) in [6.07, 6.45) is 2.33. The van der Waals surface area contributed by atoms with Gasteiger partial charge in [-0.1, -0.05) is 18.9 Å². The van der Waals surface area contributed by atoms with Crippen molar-refractivity contribution in [1.82, 2.24) is 15.1 Å². The molecule has 6 nitrogen and oxygen atoms in total. The second-order valence-corrected chi connectivity index (χ2v) is 6.99. The molecule has 3 rings (SSSR count). The van der Waals surface area contributed by atoms with Gasteiger partial charge in [-0.25, -0.2) is 4.39 Å². The Hall–Kier alpha value is -1.99. The molecule has 0 bridgehead atoms. The van der Waals surface area contributed by atoms with E-state index in [1.54, 1.807) is 12.1 Å². The fourth-order valence-corrected chi connectivity index (χ4v) is 2.88. The second kappa shape index (κ2) is 6.86. The summed E-state index contributed by atoms with van der Waals surface area (Å²) < 4.78 is 18.5. The van der Waals surface area contributed by atoms with Crippen LogP contribution in [0.5, 0.6) is 0 Å². The van der Waals surface area contributed by atoms with E-state index in [0.717, 1.165) is 32.4 Å². The zero-order chi connectivity index (χ0) is 17.2. The Kier molecular flexibility index (Phi) is 4.82. The van der Waals surface area contributed by atoms with Crippen LogP contribution in [0.25, 0.3) is 11.5 Å². The lowest BCUT2D eigenvalue weighted by atomic mass is 9.85. The van der Waals surface area contributed by atoms with Crippen molar-refractivity contribution in [3.8, 4) is 11.5 Å². The molecule has 2 aromatic rings. The first-order valence-corrected chi connectivity index (χ1v) is 8.21. The van der Waals surface area contributed by atoms with Crippen molar-refractivity contribution in [2.75, 3.05) is 18.4 Å². The van der Waals surface area contributed by atoms with Gasteiger partial charge in [-0.05, 0) is 48.9 Å². The summed E-state index contributed by atoms with van der Waals surface area (Å²) >= 11 is 0. The minimum absolute atomic E-state index is 0.144. The van der Waals surface area contributed by atoms with Crippen LogP contribution in [0.4, 0.5) is 10.4 Å². The lowest BCUT2D eigenvalue weighted by Crippen LogP contribution is -2.41. The SMILES string of the molecule is CC1(C)CCCN(C(O)Nc2nnc(-c3ccc(F)cc3)o2)CC1. The average Bonchev–Trinajstić information content (AvgIpc) is 2.91. The van der Waals surface area contributed by atoms with E-state index in [1.807, 2.05) is 4.90 Å². The van der Waals surface area contributed by atoms with Crippen molar-refractivity contribution in [2.45, 2.75) is 39.5 Å². The van der Waals surface area contributed by atoms with Crippen LogP contribution in [-0.4, -0.2) is 39.6 Å². The van der Waals surface area contributed by atoms with Gasteiger partial charge < -0.3 is 9.52 Å². The fourth-order valence-electron chi connectivity index (χ4n) is 2.88. The van der Waals surface area contributed by atoms with Crippen LogP contribution in [-0.2, 0) is 0 Å². The quantitative estimate of drug-likeness (QED) is 0.837. The first-order chi connectivity index (χ1) is 11.4. The van der Waals surface area contributed by atoms with Crippen LogP contribution in [0, 0.1) is 11.2 Å². The van der Waals surface area contributed by atoms with Gasteiger partial charge in [-0.2, -0.15) is 0 Å². The number of aliphatic hydroxyl groups excluding tert-OH is 1. The summed E-state index contributed by atoms with van der Waals surface area (Å²) in [7, 11) is 0. The van der Waals surface area contributed by atoms with E-state index in [2.05, 4.69) is 29.4 Å². The topological polar surface area (TPSA) is 74.4 Å². The van der Waals surface area contributed by atoms with E-state index < -0.39 is 6.35 Å². The maximum Gasteiger partial charge on any atom is 0.318 e. The molecule has 1 atom stereocenters. The number of rotatable bonds is 4. The highest BCUT2D eigenvalue weighted by molar-refractivity contribution is 5.53. The van der Waals surface area contributed by atoms with Crippen LogP contribution >= 0.6 is 0 Å². The number of benzene rings is 1. The zero-order valence-corrected chi connectivity index (χ0v) is 14.0. The molecule has 1 saturated heterocycles. The van der Waals surface area contributed by atoms with Crippen molar-refractivity contribution >= 4 is 6.01 Å². The molecule has 2 heterocycles. The van der Waals surface area contributed by atoms with Gasteiger partial charge in [-0.15, -0.1) is 5.10 Å². The maximum atomic E-state index is 13.0. The van der Waals surface area contributed by atoms with Gasteiger partial charge in [0.25, 0.3) is 0 Å². The largest absolute Gasteiger partial charge is 0.403 e. The molecule has 0 amide bonds. The molecule has 1 aliphatic rings. The van der Waals surface area contributed by atoms with Gasteiger partial charge in [0.15, 0.2) is 6.35 Å². The molecule has 0 aliphatic carbocycles. The number of nitrogens with one attached hydrogen (secondary N) is 1. The average molecular weight is 334 g/mol. The Morgan fingerprint density at radius 2 is 1.96 bits per heavy atom. The minimum atomic E-state index is -0.875. The number of aromatic nitrogens is 2. The Morgan fingerprint density at radius 1 is 1.21 bits per heavy atom. The van der Waals surface area contributed by atoms with Gasteiger partial charge >= 0.3 is 6.01 Å². The third-order valence-electron chi connectivity index (χ3n) is 4.49. The van der Waals surface area contributed by atoms with Crippen molar-refractivity contribution in [2.24, 2.45) is 5.41 Å². The lowest BCUT2D eigenvalue weighted by molar-refractivity contribution is 0.0251. The lowest BCUT2D eigenvalue weighted by Gasteiger charge is -2.27. The summed E-state index contributed by atoms with van der Waals surface area (Å²) in [6, 6.07) is 5.95. The molecule has 0 spiro atoms. The molecule has 1 aromatic heterocycles. The number of hydrogen-bond acceptors (Lipinski definition) is 6. The summed E-state index contributed by atoms with van der Waals surface area (Å²) in [4.78, 5) is 1.97. The number of hydrogen-bond donors (Lipinski definition) is 2.